The van der Waals surface area contributed by atoms with E-state index in [2.05, 4.69) is 34.5 Å². The van der Waals surface area contributed by atoms with E-state index in [4.69, 9.17) is 4.74 Å². The molecule has 3 aromatic carbocycles. The summed E-state index contributed by atoms with van der Waals surface area (Å²) < 4.78 is 5.46. The highest BCUT2D eigenvalue weighted by atomic mass is 16.5. The molecule has 1 N–H and O–H groups in total. The van der Waals surface area contributed by atoms with E-state index >= 15 is 0 Å². The van der Waals surface area contributed by atoms with Crippen LogP contribution in [-0.4, -0.2) is 43.7 Å². The maximum Gasteiger partial charge on any atom is 0.251 e. The first-order valence-corrected chi connectivity index (χ1v) is 10.1. The number of morpholine rings is 1. The summed E-state index contributed by atoms with van der Waals surface area (Å²) in [6.07, 6.45) is 0. The van der Waals surface area contributed by atoms with E-state index in [9.17, 15) is 4.79 Å². The first-order chi connectivity index (χ1) is 14.3. The van der Waals surface area contributed by atoms with Crippen molar-refractivity contribution in [2.24, 2.45) is 0 Å². The molecule has 0 radical (unpaired) electrons. The Morgan fingerprint density at radius 3 is 2.07 bits per heavy atom. The Bertz CT molecular complexity index is 905. The summed E-state index contributed by atoms with van der Waals surface area (Å²) in [6.45, 7) is 4.06. The first kappa shape index (κ1) is 19.4. The van der Waals surface area contributed by atoms with Crippen LogP contribution in [0.3, 0.4) is 0 Å². The van der Waals surface area contributed by atoms with E-state index in [1.165, 1.54) is 0 Å². The maximum absolute atomic E-state index is 13.0. The van der Waals surface area contributed by atoms with E-state index in [0.717, 1.165) is 49.5 Å². The Balaban J connectivity index is 1.48. The van der Waals surface area contributed by atoms with E-state index in [0.29, 0.717) is 5.56 Å². The van der Waals surface area contributed by atoms with Crippen molar-refractivity contribution < 1.29 is 9.53 Å². The molecule has 1 aliphatic rings. The number of carbonyl (C=O) groups excluding carboxylic acids is 1. The Morgan fingerprint density at radius 1 is 0.828 bits per heavy atom. The molecular formula is C25H26N2O2. The third kappa shape index (κ3) is 5.11. The molecule has 3 aromatic rings. The quantitative estimate of drug-likeness (QED) is 0.692. The van der Waals surface area contributed by atoms with Gasteiger partial charge in [0.05, 0.1) is 19.3 Å². The molecule has 1 amide bonds. The van der Waals surface area contributed by atoms with E-state index in [1.807, 2.05) is 60.7 Å². The Kier molecular flexibility index (Phi) is 6.35. The van der Waals surface area contributed by atoms with Gasteiger partial charge in [0.2, 0.25) is 0 Å². The van der Waals surface area contributed by atoms with Crippen molar-refractivity contribution in [2.45, 2.75) is 6.04 Å². The largest absolute Gasteiger partial charge is 0.379 e. The normalized spacial score (nSPS) is 15.6. The van der Waals surface area contributed by atoms with Crippen LogP contribution >= 0.6 is 0 Å². The number of amides is 1. The van der Waals surface area contributed by atoms with Crippen molar-refractivity contribution in [3.8, 4) is 11.1 Å². The number of carbonyl (C=O) groups is 1. The minimum atomic E-state index is -0.0596. The fourth-order valence-electron chi connectivity index (χ4n) is 3.65. The molecule has 0 bridgehead atoms. The summed E-state index contributed by atoms with van der Waals surface area (Å²) in [5.41, 5.74) is 4.05. The second kappa shape index (κ2) is 9.50. The van der Waals surface area contributed by atoms with Crippen LogP contribution in [-0.2, 0) is 4.74 Å². The molecule has 1 aliphatic heterocycles. The highest BCUT2D eigenvalue weighted by molar-refractivity contribution is 5.95. The number of ether oxygens (including phenoxy) is 1. The predicted molar refractivity (Wildman–Crippen MR) is 116 cm³/mol. The van der Waals surface area contributed by atoms with Crippen molar-refractivity contribution in [3.05, 3.63) is 96.1 Å². The molecular weight excluding hydrogens is 360 g/mol. The van der Waals surface area contributed by atoms with Gasteiger partial charge >= 0.3 is 0 Å². The summed E-state index contributed by atoms with van der Waals surface area (Å²) in [6, 6.07) is 28.1. The van der Waals surface area contributed by atoms with Gasteiger partial charge < -0.3 is 10.1 Å². The van der Waals surface area contributed by atoms with Crippen LogP contribution in [0.25, 0.3) is 11.1 Å². The first-order valence-electron chi connectivity index (χ1n) is 10.1. The van der Waals surface area contributed by atoms with Gasteiger partial charge in [-0.1, -0.05) is 72.8 Å². The summed E-state index contributed by atoms with van der Waals surface area (Å²) in [5, 5.41) is 3.23. The van der Waals surface area contributed by atoms with Gasteiger partial charge in [-0.2, -0.15) is 0 Å². The number of nitrogens with one attached hydrogen (secondary N) is 1. The number of hydrogen-bond acceptors (Lipinski definition) is 3. The van der Waals surface area contributed by atoms with Crippen LogP contribution in [0.5, 0.6) is 0 Å². The van der Waals surface area contributed by atoms with Crippen LogP contribution in [0.15, 0.2) is 84.9 Å². The van der Waals surface area contributed by atoms with Crippen molar-refractivity contribution >= 4 is 5.91 Å². The van der Waals surface area contributed by atoms with Crippen LogP contribution in [0.4, 0.5) is 0 Å². The third-order valence-corrected chi connectivity index (χ3v) is 5.31. The van der Waals surface area contributed by atoms with Gasteiger partial charge in [0, 0.05) is 25.2 Å². The summed E-state index contributed by atoms with van der Waals surface area (Å²) in [5.74, 6) is -0.0493. The zero-order valence-electron chi connectivity index (χ0n) is 16.5. The van der Waals surface area contributed by atoms with Crippen molar-refractivity contribution in [2.75, 3.05) is 32.8 Å². The molecule has 4 heteroatoms. The monoisotopic (exact) mass is 386 g/mol. The Labute approximate surface area is 172 Å². The summed E-state index contributed by atoms with van der Waals surface area (Å²) in [7, 11) is 0. The smallest absolute Gasteiger partial charge is 0.251 e. The van der Waals surface area contributed by atoms with Gasteiger partial charge in [0.15, 0.2) is 0 Å². The number of hydrogen-bond donors (Lipinski definition) is 1. The molecule has 4 nitrogen and oxygen atoms in total. The van der Waals surface area contributed by atoms with Crippen LogP contribution in [0.1, 0.15) is 22.0 Å². The average molecular weight is 386 g/mol. The molecule has 1 atom stereocenters. The van der Waals surface area contributed by atoms with Gasteiger partial charge in [-0.15, -0.1) is 0 Å². The zero-order chi connectivity index (χ0) is 19.9. The fourth-order valence-corrected chi connectivity index (χ4v) is 3.65. The Morgan fingerprint density at radius 2 is 1.41 bits per heavy atom. The highest BCUT2D eigenvalue weighted by Gasteiger charge is 2.20. The van der Waals surface area contributed by atoms with Gasteiger partial charge in [0.25, 0.3) is 5.91 Å². The molecule has 1 heterocycles. The number of nitrogens with zero attached hydrogens (tertiary/aromatic N) is 1. The lowest BCUT2D eigenvalue weighted by atomic mass is 10.0. The Hall–Kier alpha value is -2.95. The second-order valence-corrected chi connectivity index (χ2v) is 7.29. The van der Waals surface area contributed by atoms with Gasteiger partial charge in [-0.3, -0.25) is 9.69 Å². The van der Waals surface area contributed by atoms with E-state index in [-0.39, 0.29) is 11.9 Å². The third-order valence-electron chi connectivity index (χ3n) is 5.31. The lowest BCUT2D eigenvalue weighted by molar-refractivity contribution is 0.0332. The summed E-state index contributed by atoms with van der Waals surface area (Å²) >= 11 is 0. The molecule has 1 saturated heterocycles. The van der Waals surface area contributed by atoms with Crippen molar-refractivity contribution in [1.29, 1.82) is 0 Å². The lowest BCUT2D eigenvalue weighted by Gasteiger charge is -2.31. The van der Waals surface area contributed by atoms with Crippen LogP contribution in [0.2, 0.25) is 0 Å². The molecule has 0 spiro atoms. The fraction of sp³-hybridized carbons (Fsp3) is 0.240. The molecule has 0 aliphatic carbocycles. The summed E-state index contributed by atoms with van der Waals surface area (Å²) in [4.78, 5) is 15.3. The van der Waals surface area contributed by atoms with Crippen LogP contribution < -0.4 is 5.32 Å². The average Bonchev–Trinajstić information content (AvgIpc) is 2.80. The molecule has 29 heavy (non-hydrogen) atoms. The molecule has 0 unspecified atom stereocenters. The van der Waals surface area contributed by atoms with Crippen molar-refractivity contribution in [1.82, 2.24) is 10.2 Å². The zero-order valence-corrected chi connectivity index (χ0v) is 16.5. The molecule has 4 rings (SSSR count). The number of rotatable bonds is 6. The van der Waals surface area contributed by atoms with Gasteiger partial charge in [0.1, 0.15) is 0 Å². The molecule has 148 valence electrons. The maximum atomic E-state index is 13.0. The van der Waals surface area contributed by atoms with Gasteiger partial charge in [-0.25, -0.2) is 0 Å². The van der Waals surface area contributed by atoms with Gasteiger partial charge in [-0.05, 0) is 28.8 Å². The molecule has 0 aromatic heterocycles. The highest BCUT2D eigenvalue weighted by Crippen LogP contribution is 2.20. The van der Waals surface area contributed by atoms with E-state index < -0.39 is 0 Å². The topological polar surface area (TPSA) is 41.6 Å². The van der Waals surface area contributed by atoms with E-state index in [1.54, 1.807) is 0 Å². The second-order valence-electron chi connectivity index (χ2n) is 7.29. The van der Waals surface area contributed by atoms with Crippen LogP contribution in [0, 0.1) is 0 Å². The minimum Gasteiger partial charge on any atom is -0.379 e. The lowest BCUT2D eigenvalue weighted by Crippen LogP contribution is -2.43. The molecule has 0 saturated carbocycles. The molecule has 1 fully saturated rings. The predicted octanol–water partition coefficient (Wildman–Crippen LogP) is 4.16. The number of benzene rings is 3. The standard InChI is InChI=1S/C25H26N2O2/c28-25(23-13-11-21(12-14-23)20-7-3-1-4-8-20)26-24(22-9-5-2-6-10-22)19-27-15-17-29-18-16-27/h1-14,24H,15-19H2,(H,26,28)/t24-/m0/s1. The van der Waals surface area contributed by atoms with Crippen molar-refractivity contribution in [3.63, 3.8) is 0 Å². The minimum absolute atomic E-state index is 0.0493. The SMILES string of the molecule is O=C(N[C@@H](CN1CCOCC1)c1ccccc1)c1ccc(-c2ccccc2)cc1.